The zero-order chi connectivity index (χ0) is 21.5. The first-order valence-electron chi connectivity index (χ1n) is 9.64. The van der Waals surface area contributed by atoms with Gasteiger partial charge in [-0.05, 0) is 18.1 Å². The Bertz CT molecular complexity index is 1060. The van der Waals surface area contributed by atoms with Crippen LogP contribution >= 0.6 is 0 Å². The summed E-state index contributed by atoms with van der Waals surface area (Å²) >= 11 is 0. The number of imide groups is 1. The minimum atomic E-state index is -0.703. The number of aromatic nitrogens is 1. The predicted molar refractivity (Wildman–Crippen MR) is 114 cm³/mol. The third kappa shape index (κ3) is 5.41. The monoisotopic (exact) mass is 405 g/mol. The number of para-hydroxylation sites is 1. The summed E-state index contributed by atoms with van der Waals surface area (Å²) in [7, 11) is 0. The van der Waals surface area contributed by atoms with Crippen molar-refractivity contribution in [3.05, 3.63) is 66.2 Å². The fourth-order valence-electron chi connectivity index (χ4n) is 2.81. The van der Waals surface area contributed by atoms with Crippen LogP contribution in [0.3, 0.4) is 0 Å². The van der Waals surface area contributed by atoms with Gasteiger partial charge in [-0.3, -0.25) is 10.1 Å². The second-order valence-corrected chi connectivity index (χ2v) is 7.17. The van der Waals surface area contributed by atoms with Crippen molar-refractivity contribution in [2.75, 3.05) is 13.2 Å². The van der Waals surface area contributed by atoms with Gasteiger partial charge in [0.2, 0.25) is 0 Å². The third-order valence-corrected chi connectivity index (χ3v) is 4.26. The van der Waals surface area contributed by atoms with Crippen LogP contribution in [0.1, 0.15) is 24.2 Å². The van der Waals surface area contributed by atoms with E-state index in [2.05, 4.69) is 15.6 Å². The Morgan fingerprint density at radius 1 is 1.00 bits per heavy atom. The molecule has 0 saturated heterocycles. The van der Waals surface area contributed by atoms with Crippen LogP contribution in [-0.4, -0.2) is 36.0 Å². The van der Waals surface area contributed by atoms with Gasteiger partial charge in [0.15, 0.2) is 6.61 Å². The first-order chi connectivity index (χ1) is 14.4. The molecule has 154 valence electrons. The van der Waals surface area contributed by atoms with Gasteiger partial charge in [-0.15, -0.1) is 0 Å². The van der Waals surface area contributed by atoms with Crippen LogP contribution in [0, 0.1) is 5.92 Å². The molecule has 0 unspecified atom stereocenters. The summed E-state index contributed by atoms with van der Waals surface area (Å²) in [5.74, 6) is -1.11. The molecule has 1 aromatic heterocycles. The lowest BCUT2D eigenvalue weighted by molar-refractivity contribution is -0.123. The van der Waals surface area contributed by atoms with Crippen molar-refractivity contribution in [1.29, 1.82) is 0 Å². The first-order valence-corrected chi connectivity index (χ1v) is 9.64. The van der Waals surface area contributed by atoms with E-state index in [-0.39, 0.29) is 5.92 Å². The predicted octanol–water partition coefficient (Wildman–Crippen LogP) is 3.54. The van der Waals surface area contributed by atoms with Gasteiger partial charge >= 0.3 is 12.0 Å². The number of hydrogen-bond acceptors (Lipinski definition) is 5. The van der Waals surface area contributed by atoms with E-state index in [0.717, 1.165) is 5.56 Å². The highest BCUT2D eigenvalue weighted by Gasteiger charge is 2.17. The Hall–Kier alpha value is -3.74. The fraction of sp³-hybridized carbons (Fsp3) is 0.217. The number of nitrogens with zero attached hydrogens (tertiary/aromatic N) is 1. The van der Waals surface area contributed by atoms with Gasteiger partial charge < -0.3 is 10.1 Å². The van der Waals surface area contributed by atoms with Crippen molar-refractivity contribution >= 4 is 28.8 Å². The Balaban J connectivity index is 1.74. The number of esters is 1. The number of ether oxygens (including phenoxy) is 1. The van der Waals surface area contributed by atoms with Gasteiger partial charge in [0.1, 0.15) is 0 Å². The molecule has 3 rings (SSSR count). The van der Waals surface area contributed by atoms with Crippen LogP contribution in [0.2, 0.25) is 0 Å². The van der Waals surface area contributed by atoms with Gasteiger partial charge in [-0.2, -0.15) is 0 Å². The maximum Gasteiger partial charge on any atom is 0.339 e. The third-order valence-electron chi connectivity index (χ3n) is 4.26. The Morgan fingerprint density at radius 3 is 2.43 bits per heavy atom. The van der Waals surface area contributed by atoms with Crippen molar-refractivity contribution in [3.8, 4) is 11.3 Å². The summed E-state index contributed by atoms with van der Waals surface area (Å²) in [5.41, 5.74) is 2.43. The van der Waals surface area contributed by atoms with Crippen LogP contribution in [0.5, 0.6) is 0 Å². The van der Waals surface area contributed by atoms with Crippen LogP contribution in [0.25, 0.3) is 22.2 Å². The zero-order valence-electron chi connectivity index (χ0n) is 16.8. The molecule has 7 heteroatoms. The first kappa shape index (κ1) is 21.0. The number of amides is 3. The molecule has 2 aromatic carbocycles. The highest BCUT2D eigenvalue weighted by atomic mass is 16.5. The minimum absolute atomic E-state index is 0.252. The minimum Gasteiger partial charge on any atom is -0.452 e. The number of urea groups is 1. The molecule has 0 saturated carbocycles. The summed E-state index contributed by atoms with van der Waals surface area (Å²) in [6.07, 6.45) is 0. The normalized spacial score (nSPS) is 10.6. The average molecular weight is 405 g/mol. The number of pyridine rings is 1. The summed E-state index contributed by atoms with van der Waals surface area (Å²) in [6, 6.07) is 17.7. The standard InChI is InChI=1S/C23H23N3O4/c1-15(2)13-24-23(29)26-21(27)14-30-22(28)18-12-20(16-8-4-3-5-9-16)25-19-11-7-6-10-17(18)19/h3-12,15H,13-14H2,1-2H3,(H2,24,26,27,29). The van der Waals surface area contributed by atoms with E-state index in [0.29, 0.717) is 28.7 Å². The highest BCUT2D eigenvalue weighted by Crippen LogP contribution is 2.25. The molecule has 0 fully saturated rings. The van der Waals surface area contributed by atoms with Gasteiger partial charge in [-0.25, -0.2) is 14.6 Å². The van der Waals surface area contributed by atoms with Crippen molar-refractivity contribution in [1.82, 2.24) is 15.6 Å². The molecule has 1 heterocycles. The Kier molecular flexibility index (Phi) is 6.75. The average Bonchev–Trinajstić information content (AvgIpc) is 2.76. The van der Waals surface area contributed by atoms with Crippen LogP contribution in [-0.2, 0) is 9.53 Å². The smallest absolute Gasteiger partial charge is 0.339 e. The lowest BCUT2D eigenvalue weighted by atomic mass is 10.0. The zero-order valence-corrected chi connectivity index (χ0v) is 16.8. The number of carbonyl (C=O) groups is 3. The van der Waals surface area contributed by atoms with Gasteiger partial charge in [0.25, 0.3) is 5.91 Å². The number of nitrogens with one attached hydrogen (secondary N) is 2. The molecule has 3 amide bonds. The summed E-state index contributed by atoms with van der Waals surface area (Å²) in [4.78, 5) is 40.9. The number of hydrogen-bond donors (Lipinski definition) is 2. The number of fused-ring (bicyclic) bond motifs is 1. The summed E-state index contributed by atoms with van der Waals surface area (Å²) in [6.45, 7) is 3.74. The largest absolute Gasteiger partial charge is 0.452 e. The van der Waals surface area contributed by atoms with Gasteiger partial charge in [-0.1, -0.05) is 62.4 Å². The van der Waals surface area contributed by atoms with Gasteiger partial charge in [0, 0.05) is 17.5 Å². The number of carbonyl (C=O) groups excluding carboxylic acids is 3. The molecule has 0 spiro atoms. The van der Waals surface area contributed by atoms with Crippen molar-refractivity contribution in [2.24, 2.45) is 5.92 Å². The summed E-state index contributed by atoms with van der Waals surface area (Å²) in [5, 5.41) is 5.32. The van der Waals surface area contributed by atoms with E-state index in [1.165, 1.54) is 0 Å². The van der Waals surface area contributed by atoms with E-state index >= 15 is 0 Å². The van der Waals surface area contributed by atoms with E-state index in [4.69, 9.17) is 4.74 Å². The molecule has 0 aliphatic carbocycles. The SMILES string of the molecule is CC(C)CNC(=O)NC(=O)COC(=O)c1cc(-c2ccccc2)nc2ccccc12. The summed E-state index contributed by atoms with van der Waals surface area (Å²) < 4.78 is 5.16. The fourth-order valence-corrected chi connectivity index (χ4v) is 2.81. The molecule has 0 aliphatic rings. The van der Waals surface area contributed by atoms with E-state index in [1.807, 2.05) is 56.3 Å². The van der Waals surface area contributed by atoms with Crippen LogP contribution in [0.4, 0.5) is 4.79 Å². The molecule has 0 atom stereocenters. The Morgan fingerprint density at radius 2 is 1.70 bits per heavy atom. The highest BCUT2D eigenvalue weighted by molar-refractivity contribution is 6.05. The molecule has 0 bridgehead atoms. The maximum atomic E-state index is 12.7. The van der Waals surface area contributed by atoms with E-state index in [9.17, 15) is 14.4 Å². The second kappa shape index (κ2) is 9.65. The molecule has 0 aliphatic heterocycles. The van der Waals surface area contributed by atoms with Crippen molar-refractivity contribution in [2.45, 2.75) is 13.8 Å². The number of benzene rings is 2. The van der Waals surface area contributed by atoms with Crippen molar-refractivity contribution in [3.63, 3.8) is 0 Å². The molecule has 30 heavy (non-hydrogen) atoms. The molecular formula is C23H23N3O4. The lowest BCUT2D eigenvalue weighted by Crippen LogP contribution is -2.42. The van der Waals surface area contributed by atoms with Crippen LogP contribution in [0.15, 0.2) is 60.7 Å². The number of rotatable bonds is 6. The molecule has 3 aromatic rings. The van der Waals surface area contributed by atoms with E-state index < -0.39 is 24.5 Å². The van der Waals surface area contributed by atoms with Gasteiger partial charge in [0.05, 0.1) is 16.8 Å². The van der Waals surface area contributed by atoms with Crippen molar-refractivity contribution < 1.29 is 19.1 Å². The lowest BCUT2D eigenvalue weighted by Gasteiger charge is -2.11. The topological polar surface area (TPSA) is 97.4 Å². The Labute approximate surface area is 174 Å². The second-order valence-electron chi connectivity index (χ2n) is 7.17. The van der Waals surface area contributed by atoms with Crippen LogP contribution < -0.4 is 10.6 Å². The maximum absolute atomic E-state index is 12.7. The molecule has 7 nitrogen and oxygen atoms in total. The molecule has 0 radical (unpaired) electrons. The van der Waals surface area contributed by atoms with E-state index in [1.54, 1.807) is 18.2 Å². The molecule has 2 N–H and O–H groups in total. The molecular weight excluding hydrogens is 382 g/mol. The quantitative estimate of drug-likeness (QED) is 0.612.